The van der Waals surface area contributed by atoms with Crippen molar-refractivity contribution in [1.29, 1.82) is 0 Å². The lowest BCUT2D eigenvalue weighted by Crippen LogP contribution is -2.41. The zero-order valence-electron chi connectivity index (χ0n) is 15.2. The van der Waals surface area contributed by atoms with E-state index >= 15 is 0 Å². The maximum Gasteiger partial charge on any atom is 0.251 e. The van der Waals surface area contributed by atoms with Gasteiger partial charge in [-0.1, -0.05) is 25.4 Å². The fourth-order valence-electron chi connectivity index (χ4n) is 2.11. The smallest absolute Gasteiger partial charge is 0.251 e. The number of hydrogen-bond donors (Lipinski definition) is 3. The monoisotopic (exact) mass is 393 g/mol. The molecule has 1 heterocycles. The molecule has 0 aliphatic carbocycles. The van der Waals surface area contributed by atoms with Gasteiger partial charge in [-0.15, -0.1) is 11.3 Å². The van der Waals surface area contributed by atoms with Gasteiger partial charge in [0.2, 0.25) is 0 Å². The van der Waals surface area contributed by atoms with Crippen LogP contribution in [0.4, 0.5) is 0 Å². The average Bonchev–Trinajstić information content (AvgIpc) is 3.11. The molecule has 6 nitrogen and oxygen atoms in total. The van der Waals surface area contributed by atoms with Gasteiger partial charge in [0.25, 0.3) is 5.91 Å². The van der Waals surface area contributed by atoms with Gasteiger partial charge in [-0.05, 0) is 30.2 Å². The van der Waals surface area contributed by atoms with Crippen LogP contribution in [0.5, 0.6) is 0 Å². The van der Waals surface area contributed by atoms with Crippen LogP contribution in [0, 0.1) is 0 Å². The molecule has 1 amide bonds. The third-order valence-electron chi connectivity index (χ3n) is 3.60. The number of aromatic nitrogens is 1. The van der Waals surface area contributed by atoms with E-state index in [4.69, 9.17) is 11.6 Å². The molecule has 0 spiro atoms. The van der Waals surface area contributed by atoms with Gasteiger partial charge < -0.3 is 16.0 Å². The molecule has 1 aromatic heterocycles. The summed E-state index contributed by atoms with van der Waals surface area (Å²) in [6, 6.07) is 6.80. The van der Waals surface area contributed by atoms with Crippen molar-refractivity contribution in [3.05, 3.63) is 50.9 Å². The van der Waals surface area contributed by atoms with Gasteiger partial charge in [-0.2, -0.15) is 0 Å². The lowest BCUT2D eigenvalue weighted by atomic mass is 10.2. The molecule has 0 atom stereocenters. The Labute approximate surface area is 163 Å². The summed E-state index contributed by atoms with van der Waals surface area (Å²) < 4.78 is 0. The number of hydrogen-bond acceptors (Lipinski definition) is 4. The predicted octanol–water partition coefficient (Wildman–Crippen LogP) is 3.01. The highest BCUT2D eigenvalue weighted by molar-refractivity contribution is 7.09. The highest BCUT2D eigenvalue weighted by atomic mass is 35.5. The van der Waals surface area contributed by atoms with Gasteiger partial charge in [0, 0.05) is 36.1 Å². The Hall–Kier alpha value is -2.12. The summed E-state index contributed by atoms with van der Waals surface area (Å²) in [7, 11) is 1.71. The van der Waals surface area contributed by atoms with Crippen molar-refractivity contribution >= 4 is 34.8 Å². The summed E-state index contributed by atoms with van der Waals surface area (Å²) in [5, 5.41) is 13.0. The molecule has 0 radical (unpaired) electrons. The number of carbonyl (C=O) groups excluding carboxylic acids is 1. The average molecular weight is 394 g/mol. The summed E-state index contributed by atoms with van der Waals surface area (Å²) in [6.45, 7) is 5.93. The number of guanidine groups is 1. The Kier molecular flexibility index (Phi) is 7.87. The summed E-state index contributed by atoms with van der Waals surface area (Å²) in [4.78, 5) is 20.8. The van der Waals surface area contributed by atoms with Crippen LogP contribution < -0.4 is 16.0 Å². The summed E-state index contributed by atoms with van der Waals surface area (Å²) >= 11 is 7.46. The maximum atomic E-state index is 12.0. The first-order chi connectivity index (χ1) is 12.5. The number of nitrogens with one attached hydrogen (secondary N) is 3. The SMILES string of the molecule is CN=C(NCCNC(=O)c1ccc(Cl)cc1)NCc1nc(C(C)C)cs1. The molecule has 1 aromatic carbocycles. The van der Waals surface area contributed by atoms with E-state index in [0.29, 0.717) is 42.1 Å². The molecule has 140 valence electrons. The van der Waals surface area contributed by atoms with Gasteiger partial charge in [-0.25, -0.2) is 4.98 Å². The fraction of sp³-hybridized carbons (Fsp3) is 0.389. The fourth-order valence-corrected chi connectivity index (χ4v) is 3.13. The van der Waals surface area contributed by atoms with Crippen LogP contribution >= 0.6 is 22.9 Å². The molecule has 3 N–H and O–H groups in total. The Morgan fingerprint density at radius 2 is 1.88 bits per heavy atom. The number of thiazole rings is 1. The van der Waals surface area contributed by atoms with Crippen molar-refractivity contribution < 1.29 is 4.79 Å². The number of halogens is 1. The third kappa shape index (κ3) is 6.31. The maximum absolute atomic E-state index is 12.0. The van der Waals surface area contributed by atoms with E-state index in [1.807, 2.05) is 0 Å². The van der Waals surface area contributed by atoms with Crippen LogP contribution in [0.25, 0.3) is 0 Å². The zero-order chi connectivity index (χ0) is 18.9. The zero-order valence-corrected chi connectivity index (χ0v) is 16.7. The molecule has 0 unspecified atom stereocenters. The molecule has 26 heavy (non-hydrogen) atoms. The molecule has 0 aliphatic rings. The second-order valence-electron chi connectivity index (χ2n) is 5.94. The first-order valence-electron chi connectivity index (χ1n) is 8.42. The normalized spacial score (nSPS) is 11.5. The van der Waals surface area contributed by atoms with Gasteiger partial charge >= 0.3 is 0 Å². The molecule has 2 rings (SSSR count). The highest BCUT2D eigenvalue weighted by Gasteiger charge is 2.07. The highest BCUT2D eigenvalue weighted by Crippen LogP contribution is 2.17. The molecule has 8 heteroatoms. The van der Waals surface area contributed by atoms with Crippen molar-refractivity contribution in [2.75, 3.05) is 20.1 Å². The van der Waals surface area contributed by atoms with E-state index < -0.39 is 0 Å². The van der Waals surface area contributed by atoms with E-state index in [2.05, 4.69) is 45.2 Å². The van der Waals surface area contributed by atoms with Crippen LogP contribution in [0.1, 0.15) is 40.8 Å². The standard InChI is InChI=1S/C18H24ClN5OS/c1-12(2)15-11-26-16(24-15)10-23-18(20-3)22-9-8-21-17(25)13-4-6-14(19)7-5-13/h4-7,11-12H,8-10H2,1-3H3,(H,21,25)(H2,20,22,23). The Balaban J connectivity index is 1.69. The Morgan fingerprint density at radius 3 is 2.50 bits per heavy atom. The van der Waals surface area contributed by atoms with Crippen LogP contribution in [0.15, 0.2) is 34.6 Å². The van der Waals surface area contributed by atoms with Gasteiger partial charge in [0.05, 0.1) is 12.2 Å². The van der Waals surface area contributed by atoms with Crippen LogP contribution in [-0.2, 0) is 6.54 Å². The largest absolute Gasteiger partial charge is 0.355 e. The van der Waals surface area contributed by atoms with E-state index in [1.165, 1.54) is 0 Å². The molecule has 0 fully saturated rings. The second kappa shape index (κ2) is 10.1. The van der Waals surface area contributed by atoms with Crippen molar-refractivity contribution in [1.82, 2.24) is 20.9 Å². The number of carbonyl (C=O) groups is 1. The third-order valence-corrected chi connectivity index (χ3v) is 4.72. The lowest BCUT2D eigenvalue weighted by molar-refractivity contribution is 0.0954. The van der Waals surface area contributed by atoms with Crippen molar-refractivity contribution in [3.63, 3.8) is 0 Å². The summed E-state index contributed by atoms with van der Waals surface area (Å²) in [6.07, 6.45) is 0. The molecule has 0 saturated heterocycles. The van der Waals surface area contributed by atoms with Crippen LogP contribution in [-0.4, -0.2) is 37.0 Å². The quantitative estimate of drug-likeness (QED) is 0.384. The molecule has 0 bridgehead atoms. The van der Waals surface area contributed by atoms with E-state index in [-0.39, 0.29) is 5.91 Å². The van der Waals surface area contributed by atoms with E-state index in [9.17, 15) is 4.79 Å². The number of rotatable bonds is 7. The Morgan fingerprint density at radius 1 is 1.19 bits per heavy atom. The number of amides is 1. The number of nitrogens with zero attached hydrogens (tertiary/aromatic N) is 2. The summed E-state index contributed by atoms with van der Waals surface area (Å²) in [5.74, 6) is 0.976. The van der Waals surface area contributed by atoms with Crippen molar-refractivity contribution in [2.24, 2.45) is 4.99 Å². The minimum absolute atomic E-state index is 0.129. The van der Waals surface area contributed by atoms with Crippen LogP contribution in [0.3, 0.4) is 0 Å². The molecule has 0 saturated carbocycles. The predicted molar refractivity (Wildman–Crippen MR) is 108 cm³/mol. The number of aliphatic imine (C=N–C) groups is 1. The molecular formula is C18H24ClN5OS. The van der Waals surface area contributed by atoms with Gasteiger partial charge in [0.15, 0.2) is 5.96 Å². The van der Waals surface area contributed by atoms with Crippen LogP contribution in [0.2, 0.25) is 5.02 Å². The number of benzene rings is 1. The van der Waals surface area contributed by atoms with Gasteiger partial charge in [-0.3, -0.25) is 9.79 Å². The molecular weight excluding hydrogens is 370 g/mol. The van der Waals surface area contributed by atoms with Gasteiger partial charge in [0.1, 0.15) is 5.01 Å². The van der Waals surface area contributed by atoms with Crippen molar-refractivity contribution in [3.8, 4) is 0 Å². The first-order valence-corrected chi connectivity index (χ1v) is 9.68. The topological polar surface area (TPSA) is 78.4 Å². The lowest BCUT2D eigenvalue weighted by Gasteiger charge is -2.11. The Bertz CT molecular complexity index is 742. The van der Waals surface area contributed by atoms with E-state index in [0.717, 1.165) is 10.7 Å². The first kappa shape index (κ1) is 20.2. The summed E-state index contributed by atoms with van der Waals surface area (Å²) in [5.41, 5.74) is 1.70. The second-order valence-corrected chi connectivity index (χ2v) is 7.32. The van der Waals surface area contributed by atoms with E-state index in [1.54, 1.807) is 42.6 Å². The molecule has 2 aromatic rings. The minimum atomic E-state index is -0.129. The molecule has 0 aliphatic heterocycles. The van der Waals surface area contributed by atoms with Crippen molar-refractivity contribution in [2.45, 2.75) is 26.3 Å². The minimum Gasteiger partial charge on any atom is -0.355 e.